The van der Waals surface area contributed by atoms with Crippen LogP contribution in [-0.2, 0) is 11.3 Å². The fourth-order valence-corrected chi connectivity index (χ4v) is 2.22. The summed E-state index contributed by atoms with van der Waals surface area (Å²) in [6.45, 7) is 9.96. The van der Waals surface area contributed by atoms with Crippen molar-refractivity contribution in [3.05, 3.63) is 24.0 Å². The predicted octanol–water partition coefficient (Wildman–Crippen LogP) is 1.80. The second-order valence-electron chi connectivity index (χ2n) is 5.16. The topological polar surface area (TPSA) is 37.4 Å². The molecule has 0 saturated carbocycles. The summed E-state index contributed by atoms with van der Waals surface area (Å²) in [7, 11) is 0. The summed E-state index contributed by atoms with van der Waals surface area (Å²) < 4.78 is 5.49. The molecule has 1 unspecified atom stereocenters. The van der Waals surface area contributed by atoms with Crippen molar-refractivity contribution in [3.8, 4) is 0 Å². The molecule has 4 nitrogen and oxygen atoms in total. The number of ether oxygens (including phenoxy) is 1. The van der Waals surface area contributed by atoms with Gasteiger partial charge in [-0.25, -0.2) is 0 Å². The van der Waals surface area contributed by atoms with Crippen molar-refractivity contribution in [1.82, 2.24) is 10.3 Å². The van der Waals surface area contributed by atoms with E-state index >= 15 is 0 Å². The molecule has 2 rings (SSSR count). The number of pyridine rings is 1. The normalized spacial score (nSPS) is 20.4. The van der Waals surface area contributed by atoms with Crippen LogP contribution in [0.1, 0.15) is 26.3 Å². The highest BCUT2D eigenvalue weighted by molar-refractivity contribution is 5.52. The lowest BCUT2D eigenvalue weighted by atomic mass is 10.1. The fraction of sp³-hybridized carbons (Fsp3) is 0.643. The van der Waals surface area contributed by atoms with E-state index in [0.29, 0.717) is 12.1 Å². The van der Waals surface area contributed by atoms with Crippen LogP contribution in [0.25, 0.3) is 0 Å². The number of nitrogens with one attached hydrogen (secondary N) is 1. The number of nitrogens with zero attached hydrogens (tertiary/aromatic N) is 2. The largest absolute Gasteiger partial charge is 0.377 e. The summed E-state index contributed by atoms with van der Waals surface area (Å²) >= 11 is 0. The van der Waals surface area contributed by atoms with E-state index in [9.17, 15) is 0 Å². The molecule has 2 heterocycles. The Morgan fingerprint density at radius 2 is 2.39 bits per heavy atom. The van der Waals surface area contributed by atoms with E-state index in [1.807, 2.05) is 12.4 Å². The molecule has 1 fully saturated rings. The van der Waals surface area contributed by atoms with Crippen LogP contribution in [0, 0.1) is 0 Å². The molecular weight excluding hydrogens is 226 g/mol. The minimum atomic E-state index is 0.417. The van der Waals surface area contributed by atoms with Crippen molar-refractivity contribution in [2.75, 3.05) is 24.7 Å². The van der Waals surface area contributed by atoms with Crippen molar-refractivity contribution in [1.29, 1.82) is 0 Å². The van der Waals surface area contributed by atoms with Crippen LogP contribution in [-0.4, -0.2) is 36.8 Å². The van der Waals surface area contributed by atoms with Gasteiger partial charge in [-0.15, -0.1) is 0 Å². The second-order valence-corrected chi connectivity index (χ2v) is 5.16. The first kappa shape index (κ1) is 13.3. The van der Waals surface area contributed by atoms with Gasteiger partial charge >= 0.3 is 0 Å². The SMILES string of the molecule is CC(C)NCc1ccncc1N1CCOCC1C. The highest BCUT2D eigenvalue weighted by Gasteiger charge is 2.21. The Bertz CT molecular complexity index is 381. The number of rotatable bonds is 4. The van der Waals surface area contributed by atoms with Crippen LogP contribution < -0.4 is 10.2 Å². The standard InChI is InChI=1S/C14H23N3O/c1-11(2)16-8-13-4-5-15-9-14(13)17-6-7-18-10-12(17)3/h4-5,9,11-12,16H,6-8,10H2,1-3H3. The van der Waals surface area contributed by atoms with Crippen molar-refractivity contribution in [2.24, 2.45) is 0 Å². The molecule has 0 amide bonds. The second kappa shape index (κ2) is 6.16. The Labute approximate surface area is 109 Å². The van der Waals surface area contributed by atoms with Gasteiger partial charge in [0.1, 0.15) is 0 Å². The van der Waals surface area contributed by atoms with E-state index in [-0.39, 0.29) is 0 Å². The molecule has 100 valence electrons. The minimum Gasteiger partial charge on any atom is -0.377 e. The zero-order valence-corrected chi connectivity index (χ0v) is 11.5. The molecule has 1 aliphatic heterocycles. The smallest absolute Gasteiger partial charge is 0.0668 e. The first-order valence-corrected chi connectivity index (χ1v) is 6.69. The molecule has 0 bridgehead atoms. The highest BCUT2D eigenvalue weighted by atomic mass is 16.5. The average Bonchev–Trinajstić information content (AvgIpc) is 2.37. The Balaban J connectivity index is 2.15. The van der Waals surface area contributed by atoms with Crippen molar-refractivity contribution >= 4 is 5.69 Å². The quantitative estimate of drug-likeness (QED) is 0.883. The number of aromatic nitrogens is 1. The third-order valence-electron chi connectivity index (χ3n) is 3.27. The number of anilines is 1. The van der Waals surface area contributed by atoms with E-state index in [2.05, 4.69) is 42.0 Å². The Morgan fingerprint density at radius 3 is 3.11 bits per heavy atom. The zero-order chi connectivity index (χ0) is 13.0. The molecule has 1 aliphatic rings. The summed E-state index contributed by atoms with van der Waals surface area (Å²) in [4.78, 5) is 6.67. The molecule has 1 N–H and O–H groups in total. The lowest BCUT2D eigenvalue weighted by Gasteiger charge is -2.36. The van der Waals surface area contributed by atoms with Crippen LogP contribution in [0.2, 0.25) is 0 Å². The van der Waals surface area contributed by atoms with E-state index in [0.717, 1.165) is 26.3 Å². The van der Waals surface area contributed by atoms with Crippen molar-refractivity contribution in [3.63, 3.8) is 0 Å². The third kappa shape index (κ3) is 3.21. The lowest BCUT2D eigenvalue weighted by Crippen LogP contribution is -2.44. The summed E-state index contributed by atoms with van der Waals surface area (Å²) in [5.74, 6) is 0. The molecular formula is C14H23N3O. The number of hydrogen-bond acceptors (Lipinski definition) is 4. The molecule has 4 heteroatoms. The van der Waals surface area contributed by atoms with Gasteiger partial charge in [-0.2, -0.15) is 0 Å². The number of morpholine rings is 1. The summed E-state index contributed by atoms with van der Waals surface area (Å²) in [5, 5.41) is 3.47. The van der Waals surface area contributed by atoms with Gasteiger partial charge in [0.2, 0.25) is 0 Å². The number of hydrogen-bond donors (Lipinski definition) is 1. The molecule has 1 atom stereocenters. The fourth-order valence-electron chi connectivity index (χ4n) is 2.22. The highest BCUT2D eigenvalue weighted by Crippen LogP contribution is 2.23. The molecule has 1 aromatic rings. The van der Waals surface area contributed by atoms with Gasteiger partial charge in [-0.3, -0.25) is 4.98 Å². The van der Waals surface area contributed by atoms with Crippen LogP contribution in [0.4, 0.5) is 5.69 Å². The maximum Gasteiger partial charge on any atom is 0.0668 e. The van der Waals surface area contributed by atoms with E-state index in [4.69, 9.17) is 4.74 Å². The Kier molecular flexibility index (Phi) is 4.55. The summed E-state index contributed by atoms with van der Waals surface area (Å²) in [5.41, 5.74) is 2.55. The molecule has 1 aromatic heterocycles. The van der Waals surface area contributed by atoms with Crippen LogP contribution in [0.3, 0.4) is 0 Å². The molecule has 1 saturated heterocycles. The van der Waals surface area contributed by atoms with Gasteiger partial charge in [0.25, 0.3) is 0 Å². The average molecular weight is 249 g/mol. The molecule has 0 aromatic carbocycles. The Hall–Kier alpha value is -1.13. The maximum atomic E-state index is 5.49. The lowest BCUT2D eigenvalue weighted by molar-refractivity contribution is 0.0988. The third-order valence-corrected chi connectivity index (χ3v) is 3.27. The minimum absolute atomic E-state index is 0.417. The van der Waals surface area contributed by atoms with E-state index < -0.39 is 0 Å². The van der Waals surface area contributed by atoms with Crippen molar-refractivity contribution < 1.29 is 4.74 Å². The van der Waals surface area contributed by atoms with Crippen LogP contribution in [0.5, 0.6) is 0 Å². The predicted molar refractivity (Wildman–Crippen MR) is 73.8 cm³/mol. The summed E-state index contributed by atoms with van der Waals surface area (Å²) in [6, 6.07) is 3.02. The molecule has 0 spiro atoms. The van der Waals surface area contributed by atoms with Crippen LogP contribution >= 0.6 is 0 Å². The molecule has 0 radical (unpaired) electrons. The zero-order valence-electron chi connectivity index (χ0n) is 11.5. The van der Waals surface area contributed by atoms with Gasteiger partial charge in [-0.05, 0) is 18.6 Å². The van der Waals surface area contributed by atoms with Gasteiger partial charge in [0.15, 0.2) is 0 Å². The van der Waals surface area contributed by atoms with Gasteiger partial charge in [0, 0.05) is 31.4 Å². The van der Waals surface area contributed by atoms with Crippen LogP contribution in [0.15, 0.2) is 18.5 Å². The van der Waals surface area contributed by atoms with E-state index in [1.165, 1.54) is 11.3 Å². The maximum absolute atomic E-state index is 5.49. The summed E-state index contributed by atoms with van der Waals surface area (Å²) in [6.07, 6.45) is 3.84. The van der Waals surface area contributed by atoms with Gasteiger partial charge in [-0.1, -0.05) is 13.8 Å². The first-order valence-electron chi connectivity index (χ1n) is 6.69. The van der Waals surface area contributed by atoms with Crippen molar-refractivity contribution in [2.45, 2.75) is 39.4 Å². The van der Waals surface area contributed by atoms with E-state index in [1.54, 1.807) is 0 Å². The molecule has 0 aliphatic carbocycles. The monoisotopic (exact) mass is 249 g/mol. The Morgan fingerprint density at radius 1 is 1.56 bits per heavy atom. The van der Waals surface area contributed by atoms with Gasteiger partial charge in [0.05, 0.1) is 25.1 Å². The van der Waals surface area contributed by atoms with Gasteiger partial charge < -0.3 is 15.0 Å². The first-order chi connectivity index (χ1) is 8.68. The molecule has 18 heavy (non-hydrogen) atoms.